The van der Waals surface area contributed by atoms with Gasteiger partial charge in [-0.3, -0.25) is 9.89 Å². The van der Waals surface area contributed by atoms with Crippen LogP contribution in [-0.2, 0) is 6.42 Å². The van der Waals surface area contributed by atoms with Gasteiger partial charge in [-0.2, -0.15) is 5.10 Å². The van der Waals surface area contributed by atoms with Crippen LogP contribution in [0.5, 0.6) is 0 Å². The molecule has 1 atom stereocenters. The van der Waals surface area contributed by atoms with Gasteiger partial charge in [0.25, 0.3) is 5.91 Å². The minimum Gasteiger partial charge on any atom is -0.395 e. The molecule has 1 saturated heterocycles. The van der Waals surface area contributed by atoms with Crippen molar-refractivity contribution in [2.24, 2.45) is 5.92 Å². The lowest BCUT2D eigenvalue weighted by Gasteiger charge is -2.11. The average molecular weight is 251 g/mol. The predicted molar refractivity (Wildman–Crippen MR) is 70.3 cm³/mol. The number of hydrogen-bond acceptors (Lipinski definition) is 4. The van der Waals surface area contributed by atoms with Gasteiger partial charge in [0.1, 0.15) is 0 Å². The van der Waals surface area contributed by atoms with Crippen molar-refractivity contribution in [3.05, 3.63) is 11.4 Å². The van der Waals surface area contributed by atoms with Gasteiger partial charge in [-0.1, -0.05) is 6.92 Å². The van der Waals surface area contributed by atoms with Gasteiger partial charge >= 0.3 is 0 Å². The summed E-state index contributed by atoms with van der Waals surface area (Å²) >= 11 is 0. The lowest BCUT2D eigenvalue weighted by molar-refractivity contribution is 0.0943. The van der Waals surface area contributed by atoms with Crippen LogP contribution in [-0.4, -0.2) is 47.7 Å². The number of nitrogen functional groups attached to an aromatic ring is 1. The molecule has 18 heavy (non-hydrogen) atoms. The van der Waals surface area contributed by atoms with E-state index in [9.17, 15) is 4.79 Å². The molecule has 100 valence electrons. The van der Waals surface area contributed by atoms with Gasteiger partial charge in [-0.05, 0) is 32.4 Å². The number of likely N-dealkylation sites (tertiary alicyclic amines) is 1. The number of anilines is 1. The Morgan fingerprint density at radius 2 is 2.44 bits per heavy atom. The quantitative estimate of drug-likeness (QED) is 0.715. The summed E-state index contributed by atoms with van der Waals surface area (Å²) in [6, 6.07) is 0. The number of H-pyrrole nitrogens is 1. The third kappa shape index (κ3) is 2.64. The molecular weight excluding hydrogens is 230 g/mol. The molecule has 0 spiro atoms. The molecule has 1 fully saturated rings. The molecule has 0 aliphatic carbocycles. The van der Waals surface area contributed by atoms with Gasteiger partial charge in [-0.15, -0.1) is 0 Å². The predicted octanol–water partition coefficient (Wildman–Crippen LogP) is 0.236. The van der Waals surface area contributed by atoms with Crippen molar-refractivity contribution < 1.29 is 4.79 Å². The van der Waals surface area contributed by atoms with E-state index in [-0.39, 0.29) is 5.91 Å². The van der Waals surface area contributed by atoms with Crippen molar-refractivity contribution >= 4 is 11.6 Å². The summed E-state index contributed by atoms with van der Waals surface area (Å²) < 4.78 is 0. The van der Waals surface area contributed by atoms with Gasteiger partial charge in [0.15, 0.2) is 5.69 Å². The number of nitrogens with zero attached hydrogens (tertiary/aromatic N) is 2. The van der Waals surface area contributed by atoms with E-state index in [2.05, 4.69) is 27.5 Å². The van der Waals surface area contributed by atoms with Gasteiger partial charge < -0.3 is 16.0 Å². The summed E-state index contributed by atoms with van der Waals surface area (Å²) in [6.07, 6.45) is 1.88. The highest BCUT2D eigenvalue weighted by atomic mass is 16.1. The molecule has 4 N–H and O–H groups in total. The Kier molecular flexibility index (Phi) is 3.86. The van der Waals surface area contributed by atoms with E-state index in [1.165, 1.54) is 0 Å². The Hall–Kier alpha value is -1.56. The van der Waals surface area contributed by atoms with E-state index >= 15 is 0 Å². The highest BCUT2D eigenvalue weighted by Crippen LogP contribution is 2.15. The van der Waals surface area contributed by atoms with Crippen LogP contribution in [0.3, 0.4) is 0 Å². The molecule has 2 heterocycles. The Morgan fingerprint density at radius 3 is 3.00 bits per heavy atom. The lowest BCUT2D eigenvalue weighted by Crippen LogP contribution is -2.31. The van der Waals surface area contributed by atoms with Crippen LogP contribution in [0, 0.1) is 5.92 Å². The zero-order valence-electron chi connectivity index (χ0n) is 11.0. The molecule has 0 aromatic carbocycles. The zero-order chi connectivity index (χ0) is 13.1. The maximum Gasteiger partial charge on any atom is 0.273 e. The summed E-state index contributed by atoms with van der Waals surface area (Å²) in [5, 5.41) is 9.68. The molecule has 0 radical (unpaired) electrons. The molecule has 1 aliphatic rings. The molecule has 6 nitrogen and oxygen atoms in total. The standard InChI is InChI=1S/C12H21N5O/c1-3-9-10(13)11(16-15-9)12(18)14-6-8-4-5-17(2)7-8/h8H,3-7,13H2,1-2H3,(H,14,18)(H,15,16). The van der Waals surface area contributed by atoms with Crippen molar-refractivity contribution in [1.82, 2.24) is 20.4 Å². The number of nitrogens with two attached hydrogens (primary N) is 1. The fourth-order valence-corrected chi connectivity index (χ4v) is 2.34. The maximum atomic E-state index is 11.9. The number of amides is 1. The van der Waals surface area contributed by atoms with E-state index in [1.54, 1.807) is 0 Å². The summed E-state index contributed by atoms with van der Waals surface area (Å²) in [7, 11) is 2.10. The topological polar surface area (TPSA) is 87.0 Å². The van der Waals surface area contributed by atoms with Crippen LogP contribution in [0.1, 0.15) is 29.5 Å². The molecule has 1 aromatic heterocycles. The largest absolute Gasteiger partial charge is 0.395 e. The first-order chi connectivity index (χ1) is 8.61. The SMILES string of the molecule is CCc1[nH]nc(C(=O)NCC2CCN(C)C2)c1N. The van der Waals surface area contributed by atoms with Crippen molar-refractivity contribution in [2.45, 2.75) is 19.8 Å². The van der Waals surface area contributed by atoms with Crippen LogP contribution in [0.15, 0.2) is 0 Å². The van der Waals surface area contributed by atoms with E-state index in [4.69, 9.17) is 5.73 Å². The third-order valence-corrected chi connectivity index (χ3v) is 3.49. The molecule has 6 heteroatoms. The van der Waals surface area contributed by atoms with Crippen LogP contribution >= 0.6 is 0 Å². The van der Waals surface area contributed by atoms with Crippen LogP contribution in [0.4, 0.5) is 5.69 Å². The Bertz CT molecular complexity index is 428. The number of aromatic nitrogens is 2. The maximum absolute atomic E-state index is 11.9. The number of rotatable bonds is 4. The van der Waals surface area contributed by atoms with E-state index in [1.807, 2.05) is 6.92 Å². The molecule has 1 aliphatic heterocycles. The number of aryl methyl sites for hydroxylation is 1. The second-order valence-corrected chi connectivity index (χ2v) is 4.94. The monoisotopic (exact) mass is 251 g/mol. The molecule has 0 bridgehead atoms. The fourth-order valence-electron chi connectivity index (χ4n) is 2.34. The molecule has 1 aromatic rings. The molecular formula is C12H21N5O. The van der Waals surface area contributed by atoms with Crippen molar-refractivity contribution in [3.63, 3.8) is 0 Å². The van der Waals surface area contributed by atoms with Crippen LogP contribution < -0.4 is 11.1 Å². The smallest absolute Gasteiger partial charge is 0.273 e. The first kappa shape index (κ1) is 12.9. The average Bonchev–Trinajstić information content (AvgIpc) is 2.92. The highest BCUT2D eigenvalue weighted by molar-refractivity contribution is 5.97. The third-order valence-electron chi connectivity index (χ3n) is 3.49. The summed E-state index contributed by atoms with van der Waals surface area (Å²) in [4.78, 5) is 14.2. The van der Waals surface area contributed by atoms with E-state index < -0.39 is 0 Å². The zero-order valence-corrected chi connectivity index (χ0v) is 11.0. The van der Waals surface area contributed by atoms with Crippen LogP contribution in [0.2, 0.25) is 0 Å². The van der Waals surface area contributed by atoms with Gasteiger partial charge in [0.2, 0.25) is 0 Å². The number of carbonyl (C=O) groups excluding carboxylic acids is 1. The van der Waals surface area contributed by atoms with Crippen molar-refractivity contribution in [1.29, 1.82) is 0 Å². The molecule has 0 saturated carbocycles. The van der Waals surface area contributed by atoms with E-state index in [0.717, 1.165) is 31.6 Å². The number of nitrogens with one attached hydrogen (secondary N) is 2. The Balaban J connectivity index is 1.89. The van der Waals surface area contributed by atoms with Crippen LogP contribution in [0.25, 0.3) is 0 Å². The number of hydrogen-bond donors (Lipinski definition) is 3. The second kappa shape index (κ2) is 5.39. The van der Waals surface area contributed by atoms with Gasteiger partial charge in [-0.25, -0.2) is 0 Å². The summed E-state index contributed by atoms with van der Waals surface area (Å²) in [6.45, 7) is 4.80. The summed E-state index contributed by atoms with van der Waals surface area (Å²) in [5.41, 5.74) is 7.47. The van der Waals surface area contributed by atoms with Gasteiger partial charge in [0.05, 0.1) is 11.4 Å². The van der Waals surface area contributed by atoms with E-state index in [0.29, 0.717) is 23.8 Å². The minimum absolute atomic E-state index is 0.182. The minimum atomic E-state index is -0.182. The fraction of sp³-hybridized carbons (Fsp3) is 0.667. The van der Waals surface area contributed by atoms with Crippen molar-refractivity contribution in [3.8, 4) is 0 Å². The Morgan fingerprint density at radius 1 is 1.67 bits per heavy atom. The number of aromatic amines is 1. The Labute approximate surface area is 107 Å². The molecule has 1 unspecified atom stereocenters. The molecule has 2 rings (SSSR count). The normalized spacial score (nSPS) is 20.2. The lowest BCUT2D eigenvalue weighted by atomic mass is 10.1. The summed E-state index contributed by atoms with van der Waals surface area (Å²) in [5.74, 6) is 0.350. The highest BCUT2D eigenvalue weighted by Gasteiger charge is 2.21. The van der Waals surface area contributed by atoms with Gasteiger partial charge in [0, 0.05) is 13.1 Å². The van der Waals surface area contributed by atoms with Crippen molar-refractivity contribution in [2.75, 3.05) is 32.4 Å². The number of carbonyl (C=O) groups is 1. The molecule has 1 amide bonds. The second-order valence-electron chi connectivity index (χ2n) is 4.94. The first-order valence-electron chi connectivity index (χ1n) is 6.41. The first-order valence-corrected chi connectivity index (χ1v) is 6.41.